The van der Waals surface area contributed by atoms with Crippen molar-refractivity contribution in [3.63, 3.8) is 0 Å². The molecule has 0 aliphatic heterocycles. The standard InChI is InChI=1S/C18H18ClN3O2/c1-11-6-7-12(24-2)10-15(11)22-16(8-9-20)21-14-5-3-4-13(19)17(14)18(22)23/h3-7,10H,8-9,20H2,1-2H3. The highest BCUT2D eigenvalue weighted by molar-refractivity contribution is 6.35. The summed E-state index contributed by atoms with van der Waals surface area (Å²) in [7, 11) is 1.59. The molecule has 24 heavy (non-hydrogen) atoms. The molecule has 0 unspecified atom stereocenters. The Hall–Kier alpha value is -2.37. The van der Waals surface area contributed by atoms with Crippen molar-refractivity contribution < 1.29 is 4.74 Å². The van der Waals surface area contributed by atoms with E-state index in [1.165, 1.54) is 0 Å². The molecule has 2 N–H and O–H groups in total. The van der Waals surface area contributed by atoms with Crippen LogP contribution in [0.1, 0.15) is 11.4 Å². The summed E-state index contributed by atoms with van der Waals surface area (Å²) in [4.78, 5) is 17.8. The summed E-state index contributed by atoms with van der Waals surface area (Å²) in [6.07, 6.45) is 0.480. The van der Waals surface area contributed by atoms with E-state index >= 15 is 0 Å². The molecule has 5 nitrogen and oxygen atoms in total. The Morgan fingerprint density at radius 3 is 2.79 bits per heavy atom. The average Bonchev–Trinajstić information content (AvgIpc) is 2.56. The Morgan fingerprint density at radius 2 is 2.08 bits per heavy atom. The summed E-state index contributed by atoms with van der Waals surface area (Å²) < 4.78 is 6.88. The molecule has 0 saturated heterocycles. The van der Waals surface area contributed by atoms with Crippen LogP contribution in [0.5, 0.6) is 5.75 Å². The lowest BCUT2D eigenvalue weighted by Gasteiger charge is -2.16. The molecule has 0 aliphatic rings. The summed E-state index contributed by atoms with van der Waals surface area (Å²) in [5.41, 5.74) is 7.75. The minimum absolute atomic E-state index is 0.203. The number of fused-ring (bicyclic) bond motifs is 1. The second kappa shape index (κ2) is 6.63. The Labute approximate surface area is 144 Å². The van der Waals surface area contributed by atoms with Crippen LogP contribution in [-0.2, 0) is 6.42 Å². The van der Waals surface area contributed by atoms with Gasteiger partial charge in [0.05, 0.1) is 28.7 Å². The first-order chi connectivity index (χ1) is 11.6. The normalized spacial score (nSPS) is 11.0. The van der Waals surface area contributed by atoms with Crippen LogP contribution in [-0.4, -0.2) is 23.2 Å². The van der Waals surface area contributed by atoms with Crippen LogP contribution in [0.4, 0.5) is 0 Å². The number of halogens is 1. The summed E-state index contributed by atoms with van der Waals surface area (Å²) in [6, 6.07) is 10.8. The molecular formula is C18H18ClN3O2. The molecule has 0 saturated carbocycles. The molecule has 2 aromatic carbocycles. The molecule has 0 radical (unpaired) electrons. The summed E-state index contributed by atoms with van der Waals surface area (Å²) in [5, 5.41) is 0.792. The second-order valence-corrected chi connectivity index (χ2v) is 5.90. The highest BCUT2D eigenvalue weighted by atomic mass is 35.5. The lowest BCUT2D eigenvalue weighted by Crippen LogP contribution is -2.26. The zero-order valence-corrected chi connectivity index (χ0v) is 14.3. The minimum atomic E-state index is -0.203. The topological polar surface area (TPSA) is 70.1 Å². The zero-order valence-electron chi connectivity index (χ0n) is 13.5. The Bertz CT molecular complexity index is 966. The lowest BCUT2D eigenvalue weighted by atomic mass is 10.1. The Kier molecular flexibility index (Phi) is 4.55. The quantitative estimate of drug-likeness (QED) is 0.790. The van der Waals surface area contributed by atoms with Crippen LogP contribution in [0.3, 0.4) is 0 Å². The van der Waals surface area contributed by atoms with E-state index in [4.69, 9.17) is 22.1 Å². The van der Waals surface area contributed by atoms with Crippen molar-refractivity contribution in [2.45, 2.75) is 13.3 Å². The predicted octanol–water partition coefficient (Wildman–Crippen LogP) is 2.86. The molecule has 0 atom stereocenters. The van der Waals surface area contributed by atoms with E-state index in [-0.39, 0.29) is 5.56 Å². The van der Waals surface area contributed by atoms with Crippen LogP contribution >= 0.6 is 11.6 Å². The number of hydrogen-bond donors (Lipinski definition) is 1. The number of methoxy groups -OCH3 is 1. The van der Waals surface area contributed by atoms with Crippen LogP contribution in [0.25, 0.3) is 16.6 Å². The largest absolute Gasteiger partial charge is 0.497 e. The highest BCUT2D eigenvalue weighted by Gasteiger charge is 2.16. The molecule has 0 aliphatic carbocycles. The van der Waals surface area contributed by atoms with Gasteiger partial charge in [-0.3, -0.25) is 9.36 Å². The van der Waals surface area contributed by atoms with E-state index in [9.17, 15) is 4.79 Å². The van der Waals surface area contributed by atoms with Crippen LogP contribution < -0.4 is 16.0 Å². The molecule has 1 heterocycles. The summed E-state index contributed by atoms with van der Waals surface area (Å²) in [5.74, 6) is 1.27. The Balaban J connectivity index is 2.42. The fraction of sp³-hybridized carbons (Fsp3) is 0.222. The number of benzene rings is 2. The molecule has 0 fully saturated rings. The smallest absolute Gasteiger partial charge is 0.267 e. The molecule has 0 amide bonds. The van der Waals surface area contributed by atoms with Crippen molar-refractivity contribution in [2.75, 3.05) is 13.7 Å². The van der Waals surface area contributed by atoms with Gasteiger partial charge in [0.2, 0.25) is 0 Å². The van der Waals surface area contributed by atoms with Crippen LogP contribution in [0, 0.1) is 6.92 Å². The van der Waals surface area contributed by atoms with E-state index in [1.54, 1.807) is 29.9 Å². The van der Waals surface area contributed by atoms with Gasteiger partial charge in [0, 0.05) is 12.5 Å². The van der Waals surface area contributed by atoms with Crippen molar-refractivity contribution in [3.05, 3.63) is 63.2 Å². The van der Waals surface area contributed by atoms with Gasteiger partial charge in [-0.15, -0.1) is 0 Å². The van der Waals surface area contributed by atoms with Gasteiger partial charge in [-0.2, -0.15) is 0 Å². The van der Waals surface area contributed by atoms with Gasteiger partial charge < -0.3 is 10.5 Å². The minimum Gasteiger partial charge on any atom is -0.497 e. The number of aromatic nitrogens is 2. The number of nitrogens with two attached hydrogens (primary N) is 1. The lowest BCUT2D eigenvalue weighted by molar-refractivity contribution is 0.414. The van der Waals surface area contributed by atoms with Crippen molar-refractivity contribution in [1.82, 2.24) is 9.55 Å². The van der Waals surface area contributed by atoms with Crippen molar-refractivity contribution in [3.8, 4) is 11.4 Å². The van der Waals surface area contributed by atoms with Gasteiger partial charge in [-0.25, -0.2) is 4.98 Å². The van der Waals surface area contributed by atoms with E-state index in [0.717, 1.165) is 11.3 Å². The first-order valence-corrected chi connectivity index (χ1v) is 8.00. The maximum absolute atomic E-state index is 13.2. The summed E-state index contributed by atoms with van der Waals surface area (Å²) >= 11 is 6.25. The predicted molar refractivity (Wildman–Crippen MR) is 96.4 cm³/mol. The molecule has 0 spiro atoms. The molecule has 124 valence electrons. The van der Waals surface area contributed by atoms with Gasteiger partial charge in [-0.05, 0) is 37.2 Å². The van der Waals surface area contributed by atoms with E-state index in [2.05, 4.69) is 4.98 Å². The van der Waals surface area contributed by atoms with Gasteiger partial charge in [0.15, 0.2) is 0 Å². The highest BCUT2D eigenvalue weighted by Crippen LogP contribution is 2.24. The van der Waals surface area contributed by atoms with Gasteiger partial charge in [-0.1, -0.05) is 23.7 Å². The van der Waals surface area contributed by atoms with Gasteiger partial charge >= 0.3 is 0 Å². The number of aryl methyl sites for hydroxylation is 1. The maximum Gasteiger partial charge on any atom is 0.267 e. The molecule has 6 heteroatoms. The molecule has 3 rings (SSSR count). The van der Waals surface area contributed by atoms with E-state index in [0.29, 0.717) is 40.5 Å². The number of nitrogens with zero attached hydrogens (tertiary/aromatic N) is 2. The molecule has 0 bridgehead atoms. The van der Waals surface area contributed by atoms with Crippen LogP contribution in [0.2, 0.25) is 5.02 Å². The van der Waals surface area contributed by atoms with Gasteiger partial charge in [0.25, 0.3) is 5.56 Å². The third-order valence-corrected chi connectivity index (χ3v) is 4.26. The molecular weight excluding hydrogens is 326 g/mol. The Morgan fingerprint density at radius 1 is 1.29 bits per heavy atom. The van der Waals surface area contributed by atoms with Crippen molar-refractivity contribution in [1.29, 1.82) is 0 Å². The monoisotopic (exact) mass is 343 g/mol. The average molecular weight is 344 g/mol. The fourth-order valence-corrected chi connectivity index (χ4v) is 2.99. The third kappa shape index (κ3) is 2.77. The number of ether oxygens (including phenoxy) is 1. The van der Waals surface area contributed by atoms with Gasteiger partial charge in [0.1, 0.15) is 11.6 Å². The summed E-state index contributed by atoms with van der Waals surface area (Å²) in [6.45, 7) is 2.33. The van der Waals surface area contributed by atoms with Crippen molar-refractivity contribution in [2.24, 2.45) is 5.73 Å². The second-order valence-electron chi connectivity index (χ2n) is 5.49. The zero-order chi connectivity index (χ0) is 17.3. The van der Waals surface area contributed by atoms with Crippen molar-refractivity contribution >= 4 is 22.5 Å². The first-order valence-electron chi connectivity index (χ1n) is 7.62. The van der Waals surface area contributed by atoms with E-state index < -0.39 is 0 Å². The SMILES string of the molecule is COc1ccc(C)c(-n2c(CCN)nc3cccc(Cl)c3c2=O)c1. The number of rotatable bonds is 4. The third-order valence-electron chi connectivity index (χ3n) is 3.94. The molecule has 3 aromatic rings. The number of hydrogen-bond acceptors (Lipinski definition) is 4. The maximum atomic E-state index is 13.2. The van der Waals surface area contributed by atoms with Crippen LogP contribution in [0.15, 0.2) is 41.2 Å². The molecule has 1 aromatic heterocycles. The van der Waals surface area contributed by atoms with E-state index in [1.807, 2.05) is 25.1 Å². The first kappa shape index (κ1) is 16.5. The fourth-order valence-electron chi connectivity index (χ4n) is 2.74.